The smallest absolute Gasteiger partial charge is 0.231 e. The van der Waals surface area contributed by atoms with Gasteiger partial charge >= 0.3 is 0 Å². The minimum Gasteiger partial charge on any atom is -0.454 e. The molecule has 6 heteroatoms. The van der Waals surface area contributed by atoms with E-state index in [1.165, 1.54) is 31.5 Å². The minimum absolute atomic E-state index is 0.263. The maximum absolute atomic E-state index is 9.59. The Hall–Kier alpha value is -1.34. The second-order valence-corrected chi connectivity index (χ2v) is 7.82. The van der Waals surface area contributed by atoms with E-state index in [1.54, 1.807) is 0 Å². The number of benzene rings is 1. The quantitative estimate of drug-likeness (QED) is 0.855. The predicted octanol–water partition coefficient (Wildman–Crippen LogP) is 1.38. The molecular formula is C20H31N3O3. The summed E-state index contributed by atoms with van der Waals surface area (Å²) >= 11 is 0. The Labute approximate surface area is 156 Å². The maximum Gasteiger partial charge on any atom is 0.231 e. The number of hydrogen-bond acceptors (Lipinski definition) is 6. The van der Waals surface area contributed by atoms with Crippen LogP contribution in [0.15, 0.2) is 18.2 Å². The van der Waals surface area contributed by atoms with Crippen molar-refractivity contribution in [2.24, 2.45) is 0 Å². The van der Waals surface area contributed by atoms with Crippen LogP contribution in [0.25, 0.3) is 0 Å². The first kappa shape index (κ1) is 18.0. The molecular weight excluding hydrogens is 330 g/mol. The summed E-state index contributed by atoms with van der Waals surface area (Å²) in [5.74, 6) is 1.77. The Morgan fingerprint density at radius 2 is 1.96 bits per heavy atom. The first-order valence-electron chi connectivity index (χ1n) is 9.89. The predicted molar refractivity (Wildman–Crippen MR) is 101 cm³/mol. The van der Waals surface area contributed by atoms with Crippen molar-refractivity contribution >= 4 is 0 Å². The van der Waals surface area contributed by atoms with Gasteiger partial charge in [-0.25, -0.2) is 0 Å². The van der Waals surface area contributed by atoms with Crippen LogP contribution in [-0.4, -0.2) is 85.1 Å². The monoisotopic (exact) mass is 361 g/mol. The molecule has 1 N–H and O–H groups in total. The number of aliphatic hydroxyl groups excluding tert-OH is 1. The van der Waals surface area contributed by atoms with Gasteiger partial charge in [0.2, 0.25) is 6.79 Å². The second-order valence-electron chi connectivity index (χ2n) is 7.82. The van der Waals surface area contributed by atoms with E-state index >= 15 is 0 Å². The van der Waals surface area contributed by atoms with Crippen LogP contribution in [0.3, 0.4) is 0 Å². The Morgan fingerprint density at radius 1 is 1.12 bits per heavy atom. The van der Waals surface area contributed by atoms with E-state index in [-0.39, 0.29) is 6.61 Å². The van der Waals surface area contributed by atoms with Crippen molar-refractivity contribution in [2.45, 2.75) is 37.9 Å². The fraction of sp³-hybridized carbons (Fsp3) is 0.700. The lowest BCUT2D eigenvalue weighted by Gasteiger charge is -2.47. The lowest BCUT2D eigenvalue weighted by atomic mass is 9.98. The third-order valence-corrected chi connectivity index (χ3v) is 6.10. The number of para-hydroxylation sites is 1. The van der Waals surface area contributed by atoms with Gasteiger partial charge in [0.25, 0.3) is 0 Å². The third-order valence-electron chi connectivity index (χ3n) is 6.10. The van der Waals surface area contributed by atoms with Gasteiger partial charge in [0.1, 0.15) is 0 Å². The lowest BCUT2D eigenvalue weighted by molar-refractivity contribution is 0.00578. The van der Waals surface area contributed by atoms with Crippen molar-refractivity contribution < 1.29 is 14.6 Å². The molecule has 2 fully saturated rings. The third kappa shape index (κ3) is 3.83. The van der Waals surface area contributed by atoms with Crippen molar-refractivity contribution in [3.05, 3.63) is 23.8 Å². The van der Waals surface area contributed by atoms with E-state index in [2.05, 4.69) is 27.8 Å². The molecule has 3 aliphatic heterocycles. The van der Waals surface area contributed by atoms with Crippen LogP contribution in [0.5, 0.6) is 11.5 Å². The first-order valence-corrected chi connectivity index (χ1v) is 9.89. The van der Waals surface area contributed by atoms with Crippen LogP contribution in [0, 0.1) is 0 Å². The maximum atomic E-state index is 9.59. The molecule has 1 aromatic rings. The topological polar surface area (TPSA) is 48.4 Å². The summed E-state index contributed by atoms with van der Waals surface area (Å²) < 4.78 is 11.2. The highest BCUT2D eigenvalue weighted by atomic mass is 16.7. The number of likely N-dealkylation sites (tertiary alicyclic amines) is 1. The number of piperidine rings is 1. The zero-order valence-electron chi connectivity index (χ0n) is 15.8. The van der Waals surface area contributed by atoms with E-state index in [4.69, 9.17) is 9.47 Å². The summed E-state index contributed by atoms with van der Waals surface area (Å²) in [6, 6.07) is 7.26. The average molecular weight is 361 g/mol. The Morgan fingerprint density at radius 3 is 2.77 bits per heavy atom. The summed E-state index contributed by atoms with van der Waals surface area (Å²) in [6.45, 7) is 7.01. The van der Waals surface area contributed by atoms with Crippen molar-refractivity contribution in [3.63, 3.8) is 0 Å². The van der Waals surface area contributed by atoms with E-state index in [0.717, 1.165) is 44.1 Å². The minimum atomic E-state index is 0.263. The Kier molecular flexibility index (Phi) is 5.64. The van der Waals surface area contributed by atoms with Crippen molar-refractivity contribution in [1.82, 2.24) is 14.7 Å². The van der Waals surface area contributed by atoms with Gasteiger partial charge in [-0.1, -0.05) is 12.1 Å². The second kappa shape index (κ2) is 8.13. The van der Waals surface area contributed by atoms with Crippen LogP contribution in [0.1, 0.15) is 24.8 Å². The molecule has 0 saturated carbocycles. The average Bonchev–Trinajstić information content (AvgIpc) is 3.13. The van der Waals surface area contributed by atoms with Crippen LogP contribution in [0.4, 0.5) is 0 Å². The SMILES string of the molecule is CN1CCC(N2CCN(Cc3cccc4c3OCO4)C[C@H]2CCO)CC1. The molecule has 2 saturated heterocycles. The van der Waals surface area contributed by atoms with Gasteiger partial charge < -0.3 is 19.5 Å². The van der Waals surface area contributed by atoms with E-state index < -0.39 is 0 Å². The molecule has 4 rings (SSSR count). The van der Waals surface area contributed by atoms with E-state index in [0.29, 0.717) is 18.9 Å². The van der Waals surface area contributed by atoms with Gasteiger partial charge in [0, 0.05) is 50.4 Å². The summed E-state index contributed by atoms with van der Waals surface area (Å²) in [4.78, 5) is 7.60. The summed E-state index contributed by atoms with van der Waals surface area (Å²) in [6.07, 6.45) is 3.35. The molecule has 0 amide bonds. The lowest BCUT2D eigenvalue weighted by Crippen LogP contribution is -2.58. The normalized spacial score (nSPS) is 25.7. The zero-order valence-corrected chi connectivity index (χ0v) is 15.8. The fourth-order valence-electron chi connectivity index (χ4n) is 4.65. The first-order chi connectivity index (χ1) is 12.7. The summed E-state index contributed by atoms with van der Waals surface area (Å²) in [5.41, 5.74) is 1.20. The van der Waals surface area contributed by atoms with Gasteiger partial charge in [-0.3, -0.25) is 9.80 Å². The van der Waals surface area contributed by atoms with E-state index in [1.807, 2.05) is 12.1 Å². The summed E-state index contributed by atoms with van der Waals surface area (Å²) in [5, 5.41) is 9.59. The molecule has 6 nitrogen and oxygen atoms in total. The Bertz CT molecular complexity index is 604. The molecule has 0 aliphatic carbocycles. The molecule has 0 bridgehead atoms. The van der Waals surface area contributed by atoms with Crippen molar-refractivity contribution in [3.8, 4) is 11.5 Å². The largest absolute Gasteiger partial charge is 0.454 e. The van der Waals surface area contributed by atoms with Crippen molar-refractivity contribution in [1.29, 1.82) is 0 Å². The number of aliphatic hydroxyl groups is 1. The van der Waals surface area contributed by atoms with Gasteiger partial charge in [-0.2, -0.15) is 0 Å². The number of nitrogens with zero attached hydrogens (tertiary/aromatic N) is 3. The molecule has 0 radical (unpaired) electrons. The van der Waals surface area contributed by atoms with Gasteiger partial charge in [0.15, 0.2) is 11.5 Å². The molecule has 3 heterocycles. The zero-order chi connectivity index (χ0) is 17.9. The number of ether oxygens (including phenoxy) is 2. The molecule has 0 unspecified atom stereocenters. The van der Waals surface area contributed by atoms with Crippen molar-refractivity contribution in [2.75, 3.05) is 53.2 Å². The molecule has 1 atom stereocenters. The summed E-state index contributed by atoms with van der Waals surface area (Å²) in [7, 11) is 2.21. The number of hydrogen-bond donors (Lipinski definition) is 1. The van der Waals surface area contributed by atoms with Crippen LogP contribution < -0.4 is 9.47 Å². The number of fused-ring (bicyclic) bond motifs is 1. The molecule has 26 heavy (non-hydrogen) atoms. The molecule has 1 aromatic carbocycles. The standard InChI is InChI=1S/C20H31N3O3/c1-21-8-5-17(6-9-21)23-11-10-22(14-18(23)7-12-24)13-16-3-2-4-19-20(16)26-15-25-19/h2-4,17-18,24H,5-15H2,1H3/t18-/m1/s1. The number of rotatable bonds is 5. The highest BCUT2D eigenvalue weighted by Gasteiger charge is 2.33. The van der Waals surface area contributed by atoms with Crippen LogP contribution in [0.2, 0.25) is 0 Å². The molecule has 3 aliphatic rings. The van der Waals surface area contributed by atoms with Crippen LogP contribution in [-0.2, 0) is 6.54 Å². The molecule has 0 aromatic heterocycles. The highest BCUT2D eigenvalue weighted by molar-refractivity contribution is 5.48. The number of piperazine rings is 1. The van der Waals surface area contributed by atoms with Gasteiger partial charge in [0.05, 0.1) is 0 Å². The van der Waals surface area contributed by atoms with Crippen LogP contribution >= 0.6 is 0 Å². The Balaban J connectivity index is 1.41. The molecule has 0 spiro atoms. The highest BCUT2D eigenvalue weighted by Crippen LogP contribution is 2.36. The van der Waals surface area contributed by atoms with Gasteiger partial charge in [-0.15, -0.1) is 0 Å². The fourth-order valence-corrected chi connectivity index (χ4v) is 4.65. The van der Waals surface area contributed by atoms with E-state index in [9.17, 15) is 5.11 Å². The molecule has 144 valence electrons. The van der Waals surface area contributed by atoms with Gasteiger partial charge in [-0.05, 0) is 45.5 Å².